The van der Waals surface area contributed by atoms with Gasteiger partial charge in [-0.2, -0.15) is 16.9 Å². The van der Waals surface area contributed by atoms with Crippen molar-refractivity contribution in [3.63, 3.8) is 0 Å². The molecule has 0 saturated carbocycles. The first kappa shape index (κ1) is 18.4. The molecule has 0 bridgehead atoms. The fraction of sp³-hybridized carbons (Fsp3) is 0.364. The first-order valence-corrected chi connectivity index (χ1v) is 11.2. The van der Waals surface area contributed by atoms with Gasteiger partial charge in [0.25, 0.3) is 11.5 Å². The molecule has 0 radical (unpaired) electrons. The Balaban J connectivity index is 1.43. The van der Waals surface area contributed by atoms with Gasteiger partial charge in [0, 0.05) is 36.4 Å². The summed E-state index contributed by atoms with van der Waals surface area (Å²) in [5.74, 6) is 1.84. The van der Waals surface area contributed by atoms with Crippen molar-refractivity contribution in [3.8, 4) is 0 Å². The molecule has 0 spiro atoms. The fourth-order valence-corrected chi connectivity index (χ4v) is 5.25. The highest BCUT2D eigenvalue weighted by Gasteiger charge is 2.31. The summed E-state index contributed by atoms with van der Waals surface area (Å²) in [6, 6.07) is 11.4. The minimum absolute atomic E-state index is 0.0375. The minimum atomic E-state index is -0.0752. The van der Waals surface area contributed by atoms with Crippen molar-refractivity contribution in [1.29, 1.82) is 0 Å². The van der Waals surface area contributed by atoms with Crippen molar-refractivity contribution in [3.05, 3.63) is 69.9 Å². The van der Waals surface area contributed by atoms with Gasteiger partial charge in [-0.15, -0.1) is 0 Å². The molecule has 1 fully saturated rings. The number of hydrogen-bond donors (Lipinski definition) is 0. The zero-order valence-corrected chi connectivity index (χ0v) is 16.9. The van der Waals surface area contributed by atoms with Crippen LogP contribution in [0.1, 0.15) is 34.6 Å². The summed E-state index contributed by atoms with van der Waals surface area (Å²) in [7, 11) is 0. The molecule has 6 nitrogen and oxygen atoms in total. The van der Waals surface area contributed by atoms with Gasteiger partial charge in [0.2, 0.25) is 0 Å². The number of nitrogens with zero attached hydrogens (tertiary/aromatic N) is 4. The number of pyridine rings is 1. The summed E-state index contributed by atoms with van der Waals surface area (Å²) < 4.78 is 1.56. The van der Waals surface area contributed by atoms with Gasteiger partial charge >= 0.3 is 0 Å². The Bertz CT molecular complexity index is 1140. The molecule has 1 unspecified atom stereocenters. The molecular formula is C22H22N4O2S. The normalized spacial score (nSPS) is 18.8. The molecule has 4 heterocycles. The van der Waals surface area contributed by atoms with E-state index in [0.29, 0.717) is 18.8 Å². The van der Waals surface area contributed by atoms with Crippen LogP contribution in [0.5, 0.6) is 0 Å². The number of carbonyl (C=O) groups is 1. The molecule has 148 valence electrons. The van der Waals surface area contributed by atoms with Crippen LogP contribution in [-0.4, -0.2) is 43.9 Å². The summed E-state index contributed by atoms with van der Waals surface area (Å²) >= 11 is 1.84. The van der Waals surface area contributed by atoms with Gasteiger partial charge in [-0.05, 0) is 35.6 Å². The monoisotopic (exact) mass is 406 g/mol. The largest absolute Gasteiger partial charge is 0.332 e. The molecule has 3 aromatic rings. The van der Waals surface area contributed by atoms with Crippen LogP contribution < -0.4 is 5.56 Å². The fourth-order valence-electron chi connectivity index (χ4n) is 4.30. The maximum absolute atomic E-state index is 13.3. The maximum Gasteiger partial charge on any atom is 0.273 e. The lowest BCUT2D eigenvalue weighted by Crippen LogP contribution is -2.41. The second-order valence-electron chi connectivity index (χ2n) is 7.61. The molecule has 1 amide bonds. The van der Waals surface area contributed by atoms with E-state index in [0.717, 1.165) is 52.8 Å². The predicted molar refractivity (Wildman–Crippen MR) is 114 cm³/mol. The maximum atomic E-state index is 13.3. The van der Waals surface area contributed by atoms with Gasteiger partial charge in [-0.3, -0.25) is 14.6 Å². The third kappa shape index (κ3) is 3.44. The molecule has 0 aliphatic carbocycles. The lowest BCUT2D eigenvalue weighted by Gasteiger charge is -2.25. The highest BCUT2D eigenvalue weighted by Crippen LogP contribution is 2.25. The summed E-state index contributed by atoms with van der Waals surface area (Å²) in [6.07, 6.45) is 4.39. The van der Waals surface area contributed by atoms with Crippen molar-refractivity contribution in [2.24, 2.45) is 0 Å². The number of thioether (sulfide) groups is 1. The van der Waals surface area contributed by atoms with Crippen LogP contribution in [0.15, 0.2) is 47.4 Å². The summed E-state index contributed by atoms with van der Waals surface area (Å²) in [4.78, 5) is 32.2. The van der Waals surface area contributed by atoms with Gasteiger partial charge in [0.15, 0.2) is 0 Å². The first-order chi connectivity index (χ1) is 14.2. The quantitative estimate of drug-likeness (QED) is 0.669. The number of hydrogen-bond acceptors (Lipinski definition) is 5. The molecule has 0 N–H and O–H groups in total. The van der Waals surface area contributed by atoms with Crippen molar-refractivity contribution < 1.29 is 4.79 Å². The first-order valence-electron chi connectivity index (χ1n) is 10.0. The van der Waals surface area contributed by atoms with Crippen molar-refractivity contribution >= 4 is 28.4 Å². The lowest BCUT2D eigenvalue weighted by molar-refractivity contribution is 0.0716. The number of amides is 1. The van der Waals surface area contributed by atoms with Crippen LogP contribution in [-0.2, 0) is 18.7 Å². The molecule has 1 atom stereocenters. The van der Waals surface area contributed by atoms with E-state index < -0.39 is 0 Å². The van der Waals surface area contributed by atoms with E-state index in [-0.39, 0.29) is 17.5 Å². The van der Waals surface area contributed by atoms with E-state index in [1.807, 2.05) is 47.0 Å². The SMILES string of the molecule is O=C(c1nccc2ccccc12)N1CCCC1Cn1nc2c(cc1=O)CSCC2. The average Bonchev–Trinajstić information content (AvgIpc) is 3.21. The predicted octanol–water partition coefficient (Wildman–Crippen LogP) is 2.89. The van der Waals surface area contributed by atoms with Crippen LogP contribution in [0.2, 0.25) is 0 Å². The third-order valence-corrected chi connectivity index (χ3v) is 6.81. The van der Waals surface area contributed by atoms with Crippen molar-refractivity contribution in [2.75, 3.05) is 12.3 Å². The molecule has 5 rings (SSSR count). The summed E-state index contributed by atoms with van der Waals surface area (Å²) in [5, 5.41) is 6.50. The van der Waals surface area contributed by atoms with Crippen LogP contribution in [0.3, 0.4) is 0 Å². The number of rotatable bonds is 3. The number of fused-ring (bicyclic) bond motifs is 2. The Hall–Kier alpha value is -2.67. The van der Waals surface area contributed by atoms with Crippen LogP contribution in [0.4, 0.5) is 0 Å². The second-order valence-corrected chi connectivity index (χ2v) is 8.72. The zero-order valence-electron chi connectivity index (χ0n) is 16.1. The Morgan fingerprint density at radius 2 is 2.14 bits per heavy atom. The molecule has 1 aromatic carbocycles. The molecule has 2 aliphatic rings. The Morgan fingerprint density at radius 3 is 3.07 bits per heavy atom. The third-order valence-electron chi connectivity index (χ3n) is 5.80. The minimum Gasteiger partial charge on any atom is -0.332 e. The van der Waals surface area contributed by atoms with E-state index >= 15 is 0 Å². The molecule has 2 aromatic heterocycles. The zero-order chi connectivity index (χ0) is 19.8. The van der Waals surface area contributed by atoms with Gasteiger partial charge in [0.1, 0.15) is 5.69 Å². The summed E-state index contributed by atoms with van der Waals surface area (Å²) in [6.45, 7) is 1.13. The van der Waals surface area contributed by atoms with E-state index in [9.17, 15) is 9.59 Å². The topological polar surface area (TPSA) is 68.1 Å². The number of benzene rings is 1. The van der Waals surface area contributed by atoms with E-state index in [1.54, 1.807) is 16.9 Å². The molecule has 29 heavy (non-hydrogen) atoms. The Kier molecular flexibility index (Phi) is 4.83. The highest BCUT2D eigenvalue weighted by molar-refractivity contribution is 7.98. The molecule has 7 heteroatoms. The van der Waals surface area contributed by atoms with E-state index in [4.69, 9.17) is 0 Å². The number of aryl methyl sites for hydroxylation is 1. The lowest BCUT2D eigenvalue weighted by atomic mass is 10.1. The smallest absolute Gasteiger partial charge is 0.273 e. The van der Waals surface area contributed by atoms with Crippen molar-refractivity contribution in [2.45, 2.75) is 37.6 Å². The van der Waals surface area contributed by atoms with Crippen LogP contribution >= 0.6 is 11.8 Å². The van der Waals surface area contributed by atoms with Crippen LogP contribution in [0.25, 0.3) is 10.8 Å². The van der Waals surface area contributed by atoms with Gasteiger partial charge in [-0.1, -0.05) is 24.3 Å². The van der Waals surface area contributed by atoms with E-state index in [2.05, 4.69) is 10.1 Å². The van der Waals surface area contributed by atoms with E-state index in [1.165, 1.54) is 0 Å². The number of aromatic nitrogens is 3. The Morgan fingerprint density at radius 1 is 1.24 bits per heavy atom. The second kappa shape index (κ2) is 7.63. The highest BCUT2D eigenvalue weighted by atomic mass is 32.2. The summed E-state index contributed by atoms with van der Waals surface area (Å²) in [5.41, 5.74) is 2.49. The molecular weight excluding hydrogens is 384 g/mol. The van der Waals surface area contributed by atoms with Crippen LogP contribution in [0, 0.1) is 0 Å². The number of carbonyl (C=O) groups excluding carboxylic acids is 1. The number of likely N-dealkylation sites (tertiary alicyclic amines) is 1. The molecule has 1 saturated heterocycles. The Labute approximate surface area is 172 Å². The van der Waals surface area contributed by atoms with Gasteiger partial charge < -0.3 is 4.90 Å². The van der Waals surface area contributed by atoms with Crippen molar-refractivity contribution in [1.82, 2.24) is 19.7 Å². The average molecular weight is 407 g/mol. The standard InChI is InChI=1S/C22H22N4O2S/c27-20-12-16-14-29-11-8-19(16)24-26(20)13-17-5-3-10-25(17)22(28)21-18-6-2-1-4-15(18)7-9-23-21/h1-2,4,6-7,9,12,17H,3,5,8,10-11,13-14H2. The van der Waals surface area contributed by atoms with Gasteiger partial charge in [0.05, 0.1) is 18.3 Å². The van der Waals surface area contributed by atoms with Gasteiger partial charge in [-0.25, -0.2) is 4.68 Å². The molecule has 2 aliphatic heterocycles.